The fourth-order valence-electron chi connectivity index (χ4n) is 1.45. The third-order valence-electron chi connectivity index (χ3n) is 2.18. The van der Waals surface area contributed by atoms with Crippen molar-refractivity contribution in [1.82, 2.24) is 0 Å². The van der Waals surface area contributed by atoms with Gasteiger partial charge in [0.2, 0.25) is 0 Å². The Kier molecular flexibility index (Phi) is 6.49. The molecule has 0 aromatic carbocycles. The highest BCUT2D eigenvalue weighted by molar-refractivity contribution is 5.72. The molecule has 0 aromatic heterocycles. The quantitative estimate of drug-likeness (QED) is 0.573. The van der Waals surface area contributed by atoms with Crippen molar-refractivity contribution >= 4 is 5.97 Å². The molecule has 5 N–H and O–H groups in total. The molecule has 4 heteroatoms. The van der Waals surface area contributed by atoms with Gasteiger partial charge in [0.15, 0.2) is 0 Å². The lowest BCUT2D eigenvalue weighted by atomic mass is 9.99. The van der Waals surface area contributed by atoms with Crippen LogP contribution in [-0.2, 0) is 4.79 Å². The lowest BCUT2D eigenvalue weighted by Crippen LogP contribution is -2.30. The first-order chi connectivity index (χ1) is 6.43. The molecule has 4 nitrogen and oxygen atoms in total. The highest BCUT2D eigenvalue weighted by atomic mass is 16.4. The lowest BCUT2D eigenvalue weighted by Gasteiger charge is -2.14. The molecule has 0 aliphatic heterocycles. The van der Waals surface area contributed by atoms with Crippen molar-refractivity contribution in [2.75, 3.05) is 0 Å². The monoisotopic (exact) mass is 202 g/mol. The third-order valence-corrected chi connectivity index (χ3v) is 2.18. The van der Waals surface area contributed by atoms with Gasteiger partial charge in [-0.15, -0.1) is 0 Å². The molecule has 0 saturated heterocycles. The van der Waals surface area contributed by atoms with E-state index in [1.54, 1.807) is 0 Å². The summed E-state index contributed by atoms with van der Waals surface area (Å²) in [7, 11) is 0. The fourth-order valence-corrected chi connectivity index (χ4v) is 1.45. The van der Waals surface area contributed by atoms with Gasteiger partial charge >= 0.3 is 5.97 Å². The zero-order valence-corrected chi connectivity index (χ0v) is 9.07. The minimum Gasteiger partial charge on any atom is -0.480 e. The molecule has 0 saturated carbocycles. The van der Waals surface area contributed by atoms with Crippen molar-refractivity contribution in [1.29, 1.82) is 0 Å². The number of hydrogen-bond acceptors (Lipinski definition) is 3. The second kappa shape index (κ2) is 6.79. The Morgan fingerprint density at radius 2 is 1.86 bits per heavy atom. The van der Waals surface area contributed by atoms with Crippen LogP contribution in [0.4, 0.5) is 0 Å². The topological polar surface area (TPSA) is 89.3 Å². The van der Waals surface area contributed by atoms with Crippen LogP contribution in [0.3, 0.4) is 0 Å². The summed E-state index contributed by atoms with van der Waals surface area (Å²) in [5.41, 5.74) is 11.2. The minimum absolute atomic E-state index is 0.177. The highest BCUT2D eigenvalue weighted by Gasteiger charge is 2.12. The first-order valence-corrected chi connectivity index (χ1v) is 5.17. The van der Waals surface area contributed by atoms with Crippen molar-refractivity contribution in [2.45, 2.75) is 51.6 Å². The Morgan fingerprint density at radius 3 is 2.29 bits per heavy atom. The Balaban J connectivity index is 3.48. The van der Waals surface area contributed by atoms with E-state index in [9.17, 15) is 4.79 Å². The molecule has 84 valence electrons. The van der Waals surface area contributed by atoms with E-state index in [2.05, 4.69) is 13.8 Å². The number of carboxylic acid groups (broad SMARTS) is 1. The molecule has 0 aromatic rings. The second-order valence-electron chi connectivity index (χ2n) is 4.27. The molecular formula is C10H22N2O2. The van der Waals surface area contributed by atoms with Gasteiger partial charge in [-0.3, -0.25) is 4.79 Å². The Morgan fingerprint density at radius 1 is 1.29 bits per heavy atom. The van der Waals surface area contributed by atoms with Gasteiger partial charge < -0.3 is 16.6 Å². The number of hydrogen-bond donors (Lipinski definition) is 3. The molecule has 0 aliphatic carbocycles. The number of carbonyl (C=O) groups is 1. The maximum absolute atomic E-state index is 10.4. The van der Waals surface area contributed by atoms with Crippen molar-refractivity contribution in [3.63, 3.8) is 0 Å². The summed E-state index contributed by atoms with van der Waals surface area (Å²) in [4.78, 5) is 10.4. The van der Waals surface area contributed by atoms with Gasteiger partial charge in [-0.1, -0.05) is 13.8 Å². The first-order valence-electron chi connectivity index (χ1n) is 5.17. The van der Waals surface area contributed by atoms with E-state index in [1.807, 2.05) is 0 Å². The van der Waals surface area contributed by atoms with Crippen LogP contribution in [0.2, 0.25) is 0 Å². The van der Waals surface area contributed by atoms with E-state index in [1.165, 1.54) is 0 Å². The van der Waals surface area contributed by atoms with E-state index in [-0.39, 0.29) is 6.04 Å². The molecule has 0 bridgehead atoms. The number of carboxylic acids is 1. The molecule has 0 fully saturated rings. The summed E-state index contributed by atoms with van der Waals surface area (Å²) >= 11 is 0. The van der Waals surface area contributed by atoms with E-state index >= 15 is 0 Å². The van der Waals surface area contributed by atoms with Crippen LogP contribution in [0, 0.1) is 5.92 Å². The van der Waals surface area contributed by atoms with Crippen LogP contribution >= 0.6 is 0 Å². The molecule has 0 unspecified atom stereocenters. The van der Waals surface area contributed by atoms with Crippen molar-refractivity contribution in [3.05, 3.63) is 0 Å². The van der Waals surface area contributed by atoms with Crippen LogP contribution in [0.1, 0.15) is 39.5 Å². The van der Waals surface area contributed by atoms with E-state index < -0.39 is 12.0 Å². The molecule has 0 spiro atoms. The smallest absolute Gasteiger partial charge is 0.320 e. The molecular weight excluding hydrogens is 180 g/mol. The summed E-state index contributed by atoms with van der Waals surface area (Å²) in [6.45, 7) is 4.26. The largest absolute Gasteiger partial charge is 0.480 e. The van der Waals surface area contributed by atoms with Crippen LogP contribution in [0.5, 0.6) is 0 Å². The van der Waals surface area contributed by atoms with Gasteiger partial charge in [-0.05, 0) is 31.6 Å². The molecule has 2 atom stereocenters. The van der Waals surface area contributed by atoms with Crippen molar-refractivity contribution in [2.24, 2.45) is 17.4 Å². The van der Waals surface area contributed by atoms with Crippen LogP contribution in [0.25, 0.3) is 0 Å². The van der Waals surface area contributed by atoms with Crippen LogP contribution < -0.4 is 11.5 Å². The van der Waals surface area contributed by atoms with Crippen molar-refractivity contribution < 1.29 is 9.90 Å². The molecule has 0 heterocycles. The maximum Gasteiger partial charge on any atom is 0.320 e. The lowest BCUT2D eigenvalue weighted by molar-refractivity contribution is -0.138. The second-order valence-corrected chi connectivity index (χ2v) is 4.27. The summed E-state index contributed by atoms with van der Waals surface area (Å²) < 4.78 is 0. The summed E-state index contributed by atoms with van der Waals surface area (Å²) in [6, 6.07) is -0.558. The minimum atomic E-state index is -0.928. The summed E-state index contributed by atoms with van der Waals surface area (Å²) in [5, 5.41) is 8.54. The Hall–Kier alpha value is -0.610. The number of rotatable bonds is 7. The van der Waals surface area contributed by atoms with Crippen LogP contribution in [-0.4, -0.2) is 23.2 Å². The van der Waals surface area contributed by atoms with Gasteiger partial charge in [-0.2, -0.15) is 0 Å². The zero-order valence-electron chi connectivity index (χ0n) is 9.07. The highest BCUT2D eigenvalue weighted by Crippen LogP contribution is 2.09. The molecule has 0 amide bonds. The maximum atomic E-state index is 10.4. The SMILES string of the molecule is CC(C)C[C@H](N)CCC[C@@H](N)C(=O)O. The number of aliphatic carboxylic acids is 1. The Labute approximate surface area is 85.7 Å². The van der Waals surface area contributed by atoms with Gasteiger partial charge in [0.05, 0.1) is 0 Å². The fraction of sp³-hybridized carbons (Fsp3) is 0.900. The normalized spacial score (nSPS) is 15.5. The van der Waals surface area contributed by atoms with Crippen molar-refractivity contribution in [3.8, 4) is 0 Å². The molecule has 14 heavy (non-hydrogen) atoms. The predicted octanol–water partition coefficient (Wildman–Crippen LogP) is 0.942. The van der Waals surface area contributed by atoms with Gasteiger partial charge in [0.1, 0.15) is 6.04 Å². The molecule has 0 rings (SSSR count). The zero-order chi connectivity index (χ0) is 11.1. The molecule has 0 aliphatic rings. The number of nitrogens with two attached hydrogens (primary N) is 2. The van der Waals surface area contributed by atoms with E-state index in [0.29, 0.717) is 12.3 Å². The average Bonchev–Trinajstić information content (AvgIpc) is 2.02. The van der Waals surface area contributed by atoms with E-state index in [0.717, 1.165) is 19.3 Å². The standard InChI is InChI=1S/C10H22N2O2/c1-7(2)6-8(11)4-3-5-9(12)10(13)14/h7-9H,3-6,11-12H2,1-2H3,(H,13,14)/t8-,9-/m1/s1. The van der Waals surface area contributed by atoms with Gasteiger partial charge in [-0.25, -0.2) is 0 Å². The third kappa shape index (κ3) is 6.86. The predicted molar refractivity (Wildman–Crippen MR) is 56.9 cm³/mol. The van der Waals surface area contributed by atoms with Gasteiger partial charge in [0.25, 0.3) is 0 Å². The average molecular weight is 202 g/mol. The molecule has 0 radical (unpaired) electrons. The summed E-state index contributed by atoms with van der Waals surface area (Å²) in [5.74, 6) is -0.333. The Bertz CT molecular complexity index is 172. The summed E-state index contributed by atoms with van der Waals surface area (Å²) in [6.07, 6.45) is 3.16. The van der Waals surface area contributed by atoms with Gasteiger partial charge in [0, 0.05) is 6.04 Å². The van der Waals surface area contributed by atoms with Crippen LogP contribution in [0.15, 0.2) is 0 Å². The first kappa shape index (κ1) is 13.4. The van der Waals surface area contributed by atoms with E-state index in [4.69, 9.17) is 16.6 Å².